The number of amides is 3. The maximum Gasteiger partial charge on any atom is 0.414 e. The Bertz CT molecular complexity index is 648. The van der Waals surface area contributed by atoms with Crippen LogP contribution in [-0.4, -0.2) is 65.7 Å². The Morgan fingerprint density at radius 3 is 1.78 bits per heavy atom. The molecule has 0 saturated carbocycles. The number of aliphatic carboxylic acids is 1. The minimum atomic E-state index is -1.18. The molecule has 0 aliphatic carbocycles. The summed E-state index contributed by atoms with van der Waals surface area (Å²) < 4.78 is 15.0. The minimum absolute atomic E-state index is 0.130. The van der Waals surface area contributed by atoms with Crippen molar-refractivity contribution in [2.45, 2.75) is 85.0 Å². The molecule has 0 radical (unpaired) electrons. The zero-order valence-corrected chi connectivity index (χ0v) is 19.9. The van der Waals surface area contributed by atoms with Gasteiger partial charge in [0.05, 0.1) is 6.61 Å². The number of aliphatic imine (C=N–C) groups is 1. The van der Waals surface area contributed by atoms with Gasteiger partial charge in [-0.05, 0) is 67.7 Å². The lowest BCUT2D eigenvalue weighted by atomic mass is 10.1. The lowest BCUT2D eigenvalue weighted by molar-refractivity contribution is -0.139. The molecule has 3 amide bonds. The van der Waals surface area contributed by atoms with Crippen molar-refractivity contribution in [1.29, 1.82) is 0 Å². The van der Waals surface area contributed by atoms with Gasteiger partial charge in [0.1, 0.15) is 17.2 Å². The number of rotatable bonds is 8. The highest BCUT2D eigenvalue weighted by Crippen LogP contribution is 2.08. The predicted molar refractivity (Wildman–Crippen MR) is 116 cm³/mol. The molecule has 1 atom stereocenters. The first-order valence-corrected chi connectivity index (χ1v) is 10.3. The smallest absolute Gasteiger partial charge is 0.414 e. The Morgan fingerprint density at radius 2 is 1.38 bits per heavy atom. The molecule has 184 valence electrons. The normalized spacial score (nSPS) is 12.1. The van der Waals surface area contributed by atoms with Crippen LogP contribution in [0, 0.1) is 0 Å². The van der Waals surface area contributed by atoms with Gasteiger partial charge in [0.2, 0.25) is 5.96 Å². The summed E-state index contributed by atoms with van der Waals surface area (Å²) in [6, 6.07) is -1.10. The van der Waals surface area contributed by atoms with E-state index in [0.29, 0.717) is 12.8 Å². The van der Waals surface area contributed by atoms with Gasteiger partial charge in [0, 0.05) is 6.54 Å². The molecule has 32 heavy (non-hydrogen) atoms. The Balaban J connectivity index is 4.90. The number of carbonyl (C=O) groups excluding carboxylic acids is 3. The predicted octanol–water partition coefficient (Wildman–Crippen LogP) is 2.76. The molecular formula is C20H36N4O8. The summed E-state index contributed by atoms with van der Waals surface area (Å²) in [5.41, 5.74) is -1.50. The second kappa shape index (κ2) is 13.4. The van der Waals surface area contributed by atoms with Gasteiger partial charge in [-0.25, -0.2) is 19.2 Å². The summed E-state index contributed by atoms with van der Waals surface area (Å²) in [7, 11) is 0. The van der Waals surface area contributed by atoms with Crippen molar-refractivity contribution in [2.24, 2.45) is 4.99 Å². The van der Waals surface area contributed by atoms with E-state index in [1.165, 1.54) is 0 Å². The molecular weight excluding hydrogens is 424 g/mol. The quantitative estimate of drug-likeness (QED) is 0.186. The molecule has 12 nitrogen and oxygen atoms in total. The van der Waals surface area contributed by atoms with E-state index in [1.54, 1.807) is 48.5 Å². The van der Waals surface area contributed by atoms with Crippen molar-refractivity contribution < 1.29 is 38.5 Å². The molecule has 0 aliphatic heterocycles. The number of nitrogens with one attached hydrogen (secondary N) is 3. The monoisotopic (exact) mass is 460 g/mol. The molecule has 12 heteroatoms. The van der Waals surface area contributed by atoms with Crippen LogP contribution in [0.3, 0.4) is 0 Å². The molecule has 0 bridgehead atoms. The molecule has 4 N–H and O–H groups in total. The fourth-order valence-electron chi connectivity index (χ4n) is 2.13. The van der Waals surface area contributed by atoms with E-state index >= 15 is 0 Å². The maximum atomic E-state index is 12.0. The molecule has 0 aromatic carbocycles. The van der Waals surface area contributed by atoms with Crippen LogP contribution in [0.25, 0.3) is 0 Å². The number of nitrogens with zero attached hydrogens (tertiary/aromatic N) is 1. The topological polar surface area (TPSA) is 165 Å². The average molecular weight is 461 g/mol. The van der Waals surface area contributed by atoms with Crippen LogP contribution in [0.4, 0.5) is 14.4 Å². The molecule has 0 spiro atoms. The van der Waals surface area contributed by atoms with Crippen LogP contribution in [0.1, 0.15) is 67.7 Å². The highest BCUT2D eigenvalue weighted by molar-refractivity contribution is 6.01. The molecule has 0 aliphatic rings. The van der Waals surface area contributed by atoms with Crippen LogP contribution >= 0.6 is 0 Å². The van der Waals surface area contributed by atoms with Crippen molar-refractivity contribution in [2.75, 3.05) is 13.2 Å². The number of ether oxygens (including phenoxy) is 3. The van der Waals surface area contributed by atoms with Crippen molar-refractivity contribution >= 4 is 30.2 Å². The number of unbranched alkanes of at least 4 members (excludes halogenated alkanes) is 1. The SMILES string of the molecule is CCOC(=O)NC(CCCCN=C(NC(=O)OC(C)(C)C)NC(=O)OC(C)(C)C)C(=O)O. The summed E-state index contributed by atoms with van der Waals surface area (Å²) in [6.07, 6.45) is -1.45. The first kappa shape index (κ1) is 28.9. The molecule has 1 unspecified atom stereocenters. The van der Waals surface area contributed by atoms with E-state index in [-0.39, 0.29) is 25.5 Å². The summed E-state index contributed by atoms with van der Waals surface area (Å²) in [4.78, 5) is 50.8. The highest BCUT2D eigenvalue weighted by Gasteiger charge is 2.22. The van der Waals surface area contributed by atoms with Gasteiger partial charge in [-0.1, -0.05) is 0 Å². The minimum Gasteiger partial charge on any atom is -0.480 e. The maximum absolute atomic E-state index is 12.0. The summed E-state index contributed by atoms with van der Waals surface area (Å²) >= 11 is 0. The number of carbonyl (C=O) groups is 4. The van der Waals surface area contributed by atoms with Crippen LogP contribution in [0.15, 0.2) is 4.99 Å². The Hall–Kier alpha value is -3.05. The molecule has 0 fully saturated rings. The number of hydrogen-bond donors (Lipinski definition) is 4. The first-order chi connectivity index (χ1) is 14.6. The molecule has 0 aromatic rings. The van der Waals surface area contributed by atoms with Gasteiger partial charge in [0.25, 0.3) is 0 Å². The lowest BCUT2D eigenvalue weighted by Gasteiger charge is -2.22. The molecule has 0 heterocycles. The number of guanidine groups is 1. The largest absolute Gasteiger partial charge is 0.480 e. The third kappa shape index (κ3) is 15.7. The van der Waals surface area contributed by atoms with E-state index in [1.807, 2.05) is 0 Å². The molecule has 0 aromatic heterocycles. The van der Waals surface area contributed by atoms with E-state index in [9.17, 15) is 24.3 Å². The van der Waals surface area contributed by atoms with Gasteiger partial charge in [-0.15, -0.1) is 0 Å². The van der Waals surface area contributed by atoms with Crippen LogP contribution in [-0.2, 0) is 19.0 Å². The van der Waals surface area contributed by atoms with E-state index in [2.05, 4.69) is 25.7 Å². The number of hydrogen-bond acceptors (Lipinski definition) is 8. The third-order valence-electron chi connectivity index (χ3n) is 3.28. The second-order valence-corrected chi connectivity index (χ2v) is 8.74. The van der Waals surface area contributed by atoms with Crippen molar-refractivity contribution in [3.63, 3.8) is 0 Å². The van der Waals surface area contributed by atoms with Crippen molar-refractivity contribution in [3.05, 3.63) is 0 Å². The van der Waals surface area contributed by atoms with Crippen LogP contribution < -0.4 is 16.0 Å². The summed E-state index contributed by atoms with van der Waals surface area (Å²) in [5, 5.41) is 16.2. The van der Waals surface area contributed by atoms with Crippen LogP contribution in [0.5, 0.6) is 0 Å². The number of alkyl carbamates (subject to hydrolysis) is 3. The molecule has 0 rings (SSSR count). The summed E-state index contributed by atoms with van der Waals surface area (Å²) in [5.74, 6) is -1.34. The highest BCUT2D eigenvalue weighted by atomic mass is 16.6. The van der Waals surface area contributed by atoms with Gasteiger partial charge < -0.3 is 24.6 Å². The first-order valence-electron chi connectivity index (χ1n) is 10.3. The Kier molecular flexibility index (Phi) is 12.1. The average Bonchev–Trinajstić information content (AvgIpc) is 2.56. The van der Waals surface area contributed by atoms with Crippen molar-refractivity contribution in [3.8, 4) is 0 Å². The fraction of sp³-hybridized carbons (Fsp3) is 0.750. The number of carboxylic acid groups (broad SMARTS) is 1. The van der Waals surface area contributed by atoms with E-state index in [4.69, 9.17) is 9.47 Å². The second-order valence-electron chi connectivity index (χ2n) is 8.74. The Labute approximate surface area is 188 Å². The zero-order valence-electron chi connectivity index (χ0n) is 19.9. The van der Waals surface area contributed by atoms with Gasteiger partial charge in [-0.2, -0.15) is 0 Å². The molecule has 0 saturated heterocycles. The van der Waals surface area contributed by atoms with Gasteiger partial charge >= 0.3 is 24.2 Å². The zero-order chi connectivity index (χ0) is 24.9. The summed E-state index contributed by atoms with van der Waals surface area (Å²) in [6.45, 7) is 12.0. The lowest BCUT2D eigenvalue weighted by Crippen LogP contribution is -2.47. The van der Waals surface area contributed by atoms with E-state index < -0.39 is 41.5 Å². The van der Waals surface area contributed by atoms with Crippen LogP contribution in [0.2, 0.25) is 0 Å². The van der Waals surface area contributed by atoms with Crippen molar-refractivity contribution in [1.82, 2.24) is 16.0 Å². The standard InChI is InChI=1S/C20H36N4O8/c1-8-30-16(27)22-13(14(25)26)11-9-10-12-21-15(23-17(28)31-19(2,3)4)24-18(29)32-20(5,6)7/h13H,8-12H2,1-7H3,(H,22,27)(H,25,26)(H2,21,23,24,28,29). The van der Waals surface area contributed by atoms with E-state index in [0.717, 1.165) is 0 Å². The third-order valence-corrected chi connectivity index (χ3v) is 3.28. The number of carboxylic acids is 1. The Morgan fingerprint density at radius 1 is 0.875 bits per heavy atom. The fourth-order valence-corrected chi connectivity index (χ4v) is 2.13. The van der Waals surface area contributed by atoms with Gasteiger partial charge in [-0.3, -0.25) is 15.6 Å². The van der Waals surface area contributed by atoms with Gasteiger partial charge in [0.15, 0.2) is 0 Å².